The molecule has 4 heteroatoms. The Morgan fingerprint density at radius 3 is 2.90 bits per heavy atom. The molecule has 1 aromatic rings. The van der Waals surface area contributed by atoms with E-state index in [4.69, 9.17) is 10.5 Å². The fourth-order valence-electron chi connectivity index (χ4n) is 2.72. The number of benzene rings is 1. The zero-order valence-electron chi connectivity index (χ0n) is 12.1. The summed E-state index contributed by atoms with van der Waals surface area (Å²) in [6, 6.07) is 6.60. The number of halogens is 1. The fraction of sp³-hybridized carbons (Fsp3) is 0.562. The van der Waals surface area contributed by atoms with Crippen LogP contribution in [0.3, 0.4) is 0 Å². The number of ether oxygens (including phenoxy) is 1. The molecule has 1 aliphatic rings. The molecule has 0 fully saturated rings. The van der Waals surface area contributed by atoms with Gasteiger partial charge < -0.3 is 10.5 Å². The van der Waals surface area contributed by atoms with E-state index in [1.807, 2.05) is 6.92 Å². The molecule has 2 rings (SSSR count). The van der Waals surface area contributed by atoms with Gasteiger partial charge in [0, 0.05) is 6.42 Å². The third-order valence-electron chi connectivity index (χ3n) is 3.86. The van der Waals surface area contributed by atoms with Gasteiger partial charge in [0.05, 0.1) is 6.61 Å². The predicted octanol–water partition coefficient (Wildman–Crippen LogP) is 2.67. The number of esters is 1. The molecule has 0 amide bonds. The lowest BCUT2D eigenvalue weighted by Crippen LogP contribution is -2.22. The van der Waals surface area contributed by atoms with Crippen LogP contribution in [-0.2, 0) is 28.8 Å². The second kappa shape index (κ2) is 8.28. The van der Waals surface area contributed by atoms with Gasteiger partial charge in [-0.05, 0) is 61.8 Å². The Morgan fingerprint density at radius 2 is 2.20 bits per heavy atom. The van der Waals surface area contributed by atoms with Crippen molar-refractivity contribution in [2.75, 3.05) is 13.2 Å². The highest BCUT2D eigenvalue weighted by Gasteiger charge is 2.17. The van der Waals surface area contributed by atoms with Gasteiger partial charge in [0.2, 0.25) is 0 Å². The van der Waals surface area contributed by atoms with Crippen LogP contribution in [0.2, 0.25) is 0 Å². The van der Waals surface area contributed by atoms with Crippen LogP contribution >= 0.6 is 12.4 Å². The number of hydrogen-bond acceptors (Lipinski definition) is 3. The van der Waals surface area contributed by atoms with E-state index in [2.05, 4.69) is 18.2 Å². The van der Waals surface area contributed by atoms with Gasteiger partial charge in [-0.25, -0.2) is 0 Å². The normalized spacial score (nSPS) is 17.0. The minimum absolute atomic E-state index is 0. The van der Waals surface area contributed by atoms with E-state index in [1.54, 1.807) is 0 Å². The highest BCUT2D eigenvalue weighted by Crippen LogP contribution is 2.26. The molecule has 112 valence electrons. The van der Waals surface area contributed by atoms with Crippen LogP contribution in [0.5, 0.6) is 0 Å². The van der Waals surface area contributed by atoms with Crippen LogP contribution in [0.4, 0.5) is 0 Å². The van der Waals surface area contributed by atoms with Crippen LogP contribution in [-0.4, -0.2) is 19.1 Å². The number of fused-ring (bicyclic) bond motifs is 1. The smallest absolute Gasteiger partial charge is 0.306 e. The summed E-state index contributed by atoms with van der Waals surface area (Å²) >= 11 is 0. The summed E-state index contributed by atoms with van der Waals surface area (Å²) in [5.74, 6) is 0.507. The van der Waals surface area contributed by atoms with E-state index in [0.717, 1.165) is 25.8 Å². The molecular weight excluding hydrogens is 274 g/mol. The lowest BCUT2D eigenvalue weighted by Gasteiger charge is -2.23. The summed E-state index contributed by atoms with van der Waals surface area (Å²) in [6.07, 6.45) is 4.65. The van der Waals surface area contributed by atoms with Crippen molar-refractivity contribution in [1.82, 2.24) is 0 Å². The molecule has 1 unspecified atom stereocenters. The molecule has 1 atom stereocenters. The number of hydrogen-bond donors (Lipinski definition) is 1. The molecule has 0 aromatic heterocycles. The molecule has 1 aliphatic carbocycles. The largest absolute Gasteiger partial charge is 0.466 e. The quantitative estimate of drug-likeness (QED) is 0.850. The Labute approximate surface area is 127 Å². The second-order valence-corrected chi connectivity index (χ2v) is 5.25. The maximum atomic E-state index is 11.4. The molecule has 0 heterocycles. The van der Waals surface area contributed by atoms with E-state index in [1.165, 1.54) is 23.1 Å². The number of rotatable bonds is 5. The summed E-state index contributed by atoms with van der Waals surface area (Å²) in [6.45, 7) is 3.07. The maximum absolute atomic E-state index is 11.4. The van der Waals surface area contributed by atoms with E-state index in [0.29, 0.717) is 18.9 Å². The summed E-state index contributed by atoms with van der Waals surface area (Å²) in [7, 11) is 0. The first kappa shape index (κ1) is 17.0. The van der Waals surface area contributed by atoms with Crippen molar-refractivity contribution < 1.29 is 9.53 Å². The average molecular weight is 298 g/mol. The zero-order valence-corrected chi connectivity index (χ0v) is 12.9. The Bertz CT molecular complexity index is 448. The van der Waals surface area contributed by atoms with Gasteiger partial charge in [-0.1, -0.05) is 18.2 Å². The van der Waals surface area contributed by atoms with E-state index in [-0.39, 0.29) is 18.4 Å². The van der Waals surface area contributed by atoms with Crippen LogP contribution in [0.1, 0.15) is 36.5 Å². The summed E-state index contributed by atoms with van der Waals surface area (Å²) in [5, 5.41) is 0. The summed E-state index contributed by atoms with van der Waals surface area (Å²) in [4.78, 5) is 11.4. The van der Waals surface area contributed by atoms with Gasteiger partial charge in [-0.2, -0.15) is 0 Å². The van der Waals surface area contributed by atoms with Gasteiger partial charge in [-0.3, -0.25) is 4.79 Å². The lowest BCUT2D eigenvalue weighted by molar-refractivity contribution is -0.143. The summed E-state index contributed by atoms with van der Waals surface area (Å²) in [5.41, 5.74) is 9.86. The molecule has 20 heavy (non-hydrogen) atoms. The van der Waals surface area contributed by atoms with Crippen LogP contribution in [0, 0.1) is 5.92 Å². The molecule has 2 N–H and O–H groups in total. The van der Waals surface area contributed by atoms with Gasteiger partial charge in [0.15, 0.2) is 0 Å². The minimum atomic E-state index is -0.111. The first-order valence-corrected chi connectivity index (χ1v) is 7.19. The molecule has 3 nitrogen and oxygen atoms in total. The molecule has 1 aromatic carbocycles. The number of aryl methyl sites for hydroxylation is 2. The van der Waals surface area contributed by atoms with Crippen molar-refractivity contribution in [2.45, 2.75) is 39.0 Å². The van der Waals surface area contributed by atoms with E-state index < -0.39 is 0 Å². The predicted molar refractivity (Wildman–Crippen MR) is 83.2 cm³/mol. The first-order chi connectivity index (χ1) is 9.22. The molecule has 0 bridgehead atoms. The SMILES string of the molecule is CCOC(=O)CCc1ccc2c(c1)CC(CN)CC2.Cl. The topological polar surface area (TPSA) is 52.3 Å². The van der Waals surface area contributed by atoms with Gasteiger partial charge in [0.25, 0.3) is 0 Å². The summed E-state index contributed by atoms with van der Waals surface area (Å²) < 4.78 is 4.96. The highest BCUT2D eigenvalue weighted by molar-refractivity contribution is 5.85. The molecule has 0 saturated carbocycles. The Hall–Kier alpha value is -1.06. The van der Waals surface area contributed by atoms with E-state index in [9.17, 15) is 4.79 Å². The highest BCUT2D eigenvalue weighted by atomic mass is 35.5. The zero-order chi connectivity index (χ0) is 13.7. The Kier molecular flexibility index (Phi) is 7.03. The maximum Gasteiger partial charge on any atom is 0.306 e. The van der Waals surface area contributed by atoms with Gasteiger partial charge in [0.1, 0.15) is 0 Å². The second-order valence-electron chi connectivity index (χ2n) is 5.25. The third-order valence-corrected chi connectivity index (χ3v) is 3.86. The standard InChI is InChI=1S/C16H23NO2.ClH/c1-2-19-16(18)8-5-12-3-6-14-7-4-13(11-17)10-15(14)9-12;/h3,6,9,13H,2,4-5,7-8,10-11,17H2,1H3;1H. The van der Waals surface area contributed by atoms with Crippen molar-refractivity contribution in [3.8, 4) is 0 Å². The molecule has 0 radical (unpaired) electrons. The number of nitrogens with two attached hydrogens (primary N) is 1. The molecule has 0 saturated heterocycles. The van der Waals surface area contributed by atoms with Crippen LogP contribution < -0.4 is 5.73 Å². The van der Waals surface area contributed by atoms with Crippen molar-refractivity contribution in [3.05, 3.63) is 34.9 Å². The van der Waals surface area contributed by atoms with Gasteiger partial charge >= 0.3 is 5.97 Å². The lowest BCUT2D eigenvalue weighted by atomic mass is 9.83. The van der Waals surface area contributed by atoms with Crippen molar-refractivity contribution in [1.29, 1.82) is 0 Å². The Morgan fingerprint density at radius 1 is 1.40 bits per heavy atom. The first-order valence-electron chi connectivity index (χ1n) is 7.19. The number of carbonyl (C=O) groups is 1. The molecular formula is C16H24ClNO2. The monoisotopic (exact) mass is 297 g/mol. The van der Waals surface area contributed by atoms with Crippen LogP contribution in [0.15, 0.2) is 18.2 Å². The molecule has 0 aliphatic heterocycles. The van der Waals surface area contributed by atoms with E-state index >= 15 is 0 Å². The minimum Gasteiger partial charge on any atom is -0.466 e. The van der Waals surface area contributed by atoms with Crippen molar-refractivity contribution in [3.63, 3.8) is 0 Å². The third kappa shape index (κ3) is 4.50. The molecule has 0 spiro atoms. The number of carbonyl (C=O) groups excluding carboxylic acids is 1. The van der Waals surface area contributed by atoms with Crippen LogP contribution in [0.25, 0.3) is 0 Å². The van der Waals surface area contributed by atoms with Crippen molar-refractivity contribution in [2.24, 2.45) is 11.7 Å². The fourth-order valence-corrected chi connectivity index (χ4v) is 2.72. The average Bonchev–Trinajstić information content (AvgIpc) is 2.44. The van der Waals surface area contributed by atoms with Gasteiger partial charge in [-0.15, -0.1) is 12.4 Å². The van der Waals surface area contributed by atoms with Crippen molar-refractivity contribution >= 4 is 18.4 Å². The Balaban J connectivity index is 0.00000200.